The van der Waals surface area contributed by atoms with Crippen molar-refractivity contribution in [1.82, 2.24) is 10.4 Å². The van der Waals surface area contributed by atoms with Crippen LogP contribution in [0.25, 0.3) is 0 Å². The summed E-state index contributed by atoms with van der Waals surface area (Å²) in [5.74, 6) is 5.99. The second-order valence-corrected chi connectivity index (χ2v) is 2.60. The third kappa shape index (κ3) is 3.12. The maximum Gasteiger partial charge on any atom is 0.142 e. The zero-order valence-corrected chi connectivity index (χ0v) is 8.10. The first-order valence-electron chi connectivity index (χ1n) is 4.29. The van der Waals surface area contributed by atoms with Crippen molar-refractivity contribution in [3.8, 4) is 0 Å². The predicted octanol–water partition coefficient (Wildman–Crippen LogP) is -0.0621. The van der Waals surface area contributed by atoms with Gasteiger partial charge in [-0.2, -0.15) is 0 Å². The van der Waals surface area contributed by atoms with Gasteiger partial charge >= 0.3 is 0 Å². The average molecular weight is 194 g/mol. The molecule has 14 heavy (non-hydrogen) atoms. The number of nitrogens with zero attached hydrogens (tertiary/aromatic N) is 2. The fourth-order valence-corrected chi connectivity index (χ4v) is 0.979. The SMILES string of the molecule is COCCN=C(NN)c1ccncc1. The Bertz CT molecular complexity index is 286. The smallest absolute Gasteiger partial charge is 0.142 e. The van der Waals surface area contributed by atoms with E-state index in [1.165, 1.54) is 0 Å². The van der Waals surface area contributed by atoms with Crippen LogP contribution in [-0.4, -0.2) is 31.1 Å². The normalized spacial score (nSPS) is 11.4. The Morgan fingerprint density at radius 1 is 1.57 bits per heavy atom. The molecule has 0 aliphatic rings. The molecule has 1 heterocycles. The van der Waals surface area contributed by atoms with E-state index >= 15 is 0 Å². The van der Waals surface area contributed by atoms with Gasteiger partial charge in [0.1, 0.15) is 5.84 Å². The number of aromatic nitrogens is 1. The number of nitrogens with one attached hydrogen (secondary N) is 1. The third-order valence-corrected chi connectivity index (χ3v) is 1.66. The molecule has 0 saturated carbocycles. The van der Waals surface area contributed by atoms with E-state index in [-0.39, 0.29) is 0 Å². The Labute approximate surface area is 83.0 Å². The van der Waals surface area contributed by atoms with E-state index < -0.39 is 0 Å². The minimum atomic E-state index is 0.580. The molecule has 1 aromatic rings. The number of amidine groups is 1. The lowest BCUT2D eigenvalue weighted by Crippen LogP contribution is -2.31. The van der Waals surface area contributed by atoms with Crippen molar-refractivity contribution in [2.24, 2.45) is 10.8 Å². The fraction of sp³-hybridized carbons (Fsp3) is 0.333. The first kappa shape index (κ1) is 10.6. The van der Waals surface area contributed by atoms with Gasteiger partial charge in [-0.25, -0.2) is 5.84 Å². The Morgan fingerprint density at radius 2 is 2.29 bits per heavy atom. The van der Waals surface area contributed by atoms with Gasteiger partial charge < -0.3 is 10.2 Å². The molecule has 0 unspecified atom stereocenters. The Hall–Kier alpha value is -1.46. The Kier molecular flexibility index (Phi) is 4.60. The maximum atomic E-state index is 5.35. The molecule has 0 radical (unpaired) electrons. The van der Waals surface area contributed by atoms with Crippen molar-refractivity contribution < 1.29 is 4.74 Å². The molecular formula is C9H14N4O. The van der Waals surface area contributed by atoms with E-state index in [1.54, 1.807) is 19.5 Å². The van der Waals surface area contributed by atoms with Gasteiger partial charge in [0.05, 0.1) is 13.2 Å². The molecule has 0 atom stereocenters. The summed E-state index contributed by atoms with van der Waals surface area (Å²) in [4.78, 5) is 8.14. The molecule has 0 aliphatic heterocycles. The minimum absolute atomic E-state index is 0.580. The van der Waals surface area contributed by atoms with Crippen LogP contribution < -0.4 is 11.3 Å². The van der Waals surface area contributed by atoms with Gasteiger partial charge in [0.15, 0.2) is 0 Å². The molecule has 0 amide bonds. The number of aliphatic imine (C=N–C) groups is 1. The molecule has 1 aromatic heterocycles. The van der Waals surface area contributed by atoms with Gasteiger partial charge in [-0.3, -0.25) is 9.98 Å². The molecule has 76 valence electrons. The fourth-order valence-electron chi connectivity index (χ4n) is 0.979. The second kappa shape index (κ2) is 6.06. The van der Waals surface area contributed by atoms with E-state index in [0.717, 1.165) is 5.56 Å². The van der Waals surface area contributed by atoms with Crippen LogP contribution in [-0.2, 0) is 4.74 Å². The third-order valence-electron chi connectivity index (χ3n) is 1.66. The Morgan fingerprint density at radius 3 is 2.86 bits per heavy atom. The topological polar surface area (TPSA) is 72.5 Å². The van der Waals surface area contributed by atoms with Gasteiger partial charge in [0.2, 0.25) is 0 Å². The van der Waals surface area contributed by atoms with Crippen LogP contribution >= 0.6 is 0 Å². The standard InChI is InChI=1S/C9H14N4O/c1-14-7-6-12-9(13-10)8-2-4-11-5-3-8/h2-5H,6-7,10H2,1H3,(H,12,13). The van der Waals surface area contributed by atoms with Gasteiger partial charge in [0, 0.05) is 25.1 Å². The van der Waals surface area contributed by atoms with Crippen molar-refractivity contribution in [3.05, 3.63) is 30.1 Å². The zero-order chi connectivity index (χ0) is 10.2. The van der Waals surface area contributed by atoms with Crippen molar-refractivity contribution in [2.75, 3.05) is 20.3 Å². The summed E-state index contributed by atoms with van der Waals surface area (Å²) in [6, 6.07) is 3.68. The summed E-state index contributed by atoms with van der Waals surface area (Å²) >= 11 is 0. The highest BCUT2D eigenvalue weighted by Crippen LogP contribution is 1.96. The Balaban J connectivity index is 2.67. The van der Waals surface area contributed by atoms with Crippen molar-refractivity contribution >= 4 is 5.84 Å². The zero-order valence-electron chi connectivity index (χ0n) is 8.10. The molecule has 5 heteroatoms. The first-order chi connectivity index (χ1) is 6.88. The van der Waals surface area contributed by atoms with Crippen LogP contribution in [0.5, 0.6) is 0 Å². The number of hydrogen-bond donors (Lipinski definition) is 2. The van der Waals surface area contributed by atoms with Crippen LogP contribution in [0.2, 0.25) is 0 Å². The van der Waals surface area contributed by atoms with E-state index in [4.69, 9.17) is 10.6 Å². The quantitative estimate of drug-likeness (QED) is 0.231. The summed E-state index contributed by atoms with van der Waals surface area (Å²) in [6.07, 6.45) is 3.39. The number of nitrogens with two attached hydrogens (primary N) is 1. The van der Waals surface area contributed by atoms with Gasteiger partial charge in [-0.05, 0) is 12.1 Å². The number of hydrazine groups is 1. The van der Waals surface area contributed by atoms with Crippen LogP contribution in [0.15, 0.2) is 29.5 Å². The molecular weight excluding hydrogens is 180 g/mol. The van der Waals surface area contributed by atoms with Gasteiger partial charge in [-0.1, -0.05) is 0 Å². The molecule has 1 rings (SSSR count). The molecule has 3 N–H and O–H groups in total. The number of ether oxygens (including phenoxy) is 1. The molecule has 0 spiro atoms. The largest absolute Gasteiger partial charge is 0.383 e. The highest BCUT2D eigenvalue weighted by molar-refractivity contribution is 5.98. The van der Waals surface area contributed by atoms with E-state index in [2.05, 4.69) is 15.4 Å². The molecule has 0 aromatic carbocycles. The summed E-state index contributed by atoms with van der Waals surface area (Å²) in [7, 11) is 1.64. The number of methoxy groups -OCH3 is 1. The van der Waals surface area contributed by atoms with E-state index in [1.807, 2.05) is 12.1 Å². The van der Waals surface area contributed by atoms with Crippen LogP contribution in [0.4, 0.5) is 0 Å². The highest BCUT2D eigenvalue weighted by Gasteiger charge is 1.98. The van der Waals surface area contributed by atoms with Crippen LogP contribution in [0.3, 0.4) is 0 Å². The average Bonchev–Trinajstić information content (AvgIpc) is 2.26. The summed E-state index contributed by atoms with van der Waals surface area (Å²) in [5.41, 5.74) is 3.46. The van der Waals surface area contributed by atoms with E-state index in [9.17, 15) is 0 Å². The van der Waals surface area contributed by atoms with Gasteiger partial charge in [-0.15, -0.1) is 0 Å². The van der Waals surface area contributed by atoms with Crippen molar-refractivity contribution in [2.45, 2.75) is 0 Å². The van der Waals surface area contributed by atoms with Crippen LogP contribution in [0.1, 0.15) is 5.56 Å². The highest BCUT2D eigenvalue weighted by atomic mass is 16.5. The first-order valence-corrected chi connectivity index (χ1v) is 4.29. The number of pyridine rings is 1. The molecule has 0 aliphatic carbocycles. The maximum absolute atomic E-state index is 5.35. The monoisotopic (exact) mass is 194 g/mol. The van der Waals surface area contributed by atoms with E-state index in [0.29, 0.717) is 19.0 Å². The second-order valence-electron chi connectivity index (χ2n) is 2.60. The summed E-state index contributed by atoms with van der Waals surface area (Å²) in [6.45, 7) is 1.16. The predicted molar refractivity (Wildman–Crippen MR) is 54.8 cm³/mol. The lowest BCUT2D eigenvalue weighted by atomic mass is 10.2. The summed E-state index contributed by atoms with van der Waals surface area (Å²) in [5, 5.41) is 0. The lowest BCUT2D eigenvalue weighted by Gasteiger charge is -2.04. The number of rotatable bonds is 4. The van der Waals surface area contributed by atoms with Crippen molar-refractivity contribution in [1.29, 1.82) is 0 Å². The van der Waals surface area contributed by atoms with Gasteiger partial charge in [0.25, 0.3) is 0 Å². The lowest BCUT2D eigenvalue weighted by molar-refractivity contribution is 0.208. The molecule has 0 saturated heterocycles. The van der Waals surface area contributed by atoms with Crippen molar-refractivity contribution in [3.63, 3.8) is 0 Å². The molecule has 5 nitrogen and oxygen atoms in total. The number of hydrogen-bond acceptors (Lipinski definition) is 4. The summed E-state index contributed by atoms with van der Waals surface area (Å²) < 4.78 is 4.88. The molecule has 0 fully saturated rings. The minimum Gasteiger partial charge on any atom is -0.383 e. The molecule has 0 bridgehead atoms. The van der Waals surface area contributed by atoms with Crippen LogP contribution in [0, 0.1) is 0 Å².